The summed E-state index contributed by atoms with van der Waals surface area (Å²) < 4.78 is 20.1. The summed E-state index contributed by atoms with van der Waals surface area (Å²) in [7, 11) is 0. The molecule has 4 N–H and O–H groups in total. The number of nitrogens with two attached hydrogens (primary N) is 1. The molecule has 1 aromatic carbocycles. The molecular weight excluding hydrogens is 391 g/mol. The third-order valence-electron chi connectivity index (χ3n) is 6.29. The number of hydrogen-bond donors (Lipinski definition) is 3. The molecule has 30 heavy (non-hydrogen) atoms. The maximum absolute atomic E-state index is 14.9. The zero-order chi connectivity index (χ0) is 21.0. The number of piperidine rings is 1. The number of carbonyl (C=O) groups is 2. The largest absolute Gasteiger partial charge is 0.442 e. The number of hydrogen-bond acceptors (Lipinski definition) is 6. The lowest BCUT2D eigenvalue weighted by molar-refractivity contribution is -0.119. The summed E-state index contributed by atoms with van der Waals surface area (Å²) >= 11 is 0. The molecule has 5 rings (SSSR count). The number of aromatic nitrogens is 2. The highest BCUT2D eigenvalue weighted by Crippen LogP contribution is 2.59. The zero-order valence-corrected chi connectivity index (χ0v) is 16.5. The summed E-state index contributed by atoms with van der Waals surface area (Å²) in [6.07, 6.45) is 0.856. The monoisotopic (exact) mass is 414 g/mol. The lowest BCUT2D eigenvalue weighted by atomic mass is 10.1. The number of halogens is 1. The van der Waals surface area contributed by atoms with Gasteiger partial charge < -0.3 is 20.7 Å². The lowest BCUT2D eigenvalue weighted by Gasteiger charge is -2.23. The SMILES string of the molecule is CC(=O)NC[C@H]1CN(c2ccc(N3CC4C(C3)C4c3c[nH]nc3N)c(F)c2)C(=O)O1. The number of fused-ring (bicyclic) bond motifs is 1. The molecule has 9 nitrogen and oxygen atoms in total. The molecule has 2 amide bonds. The Labute approximate surface area is 172 Å². The fraction of sp³-hybridized carbons (Fsp3) is 0.450. The smallest absolute Gasteiger partial charge is 0.414 e. The van der Waals surface area contributed by atoms with Crippen molar-refractivity contribution < 1.29 is 18.7 Å². The van der Waals surface area contributed by atoms with Gasteiger partial charge in [-0.1, -0.05) is 0 Å². The van der Waals surface area contributed by atoms with Crippen LogP contribution in [0.25, 0.3) is 0 Å². The third-order valence-corrected chi connectivity index (χ3v) is 6.29. The number of nitrogen functional groups attached to an aromatic ring is 1. The van der Waals surface area contributed by atoms with E-state index in [0.29, 0.717) is 34.9 Å². The van der Waals surface area contributed by atoms with Crippen LogP contribution in [0.4, 0.5) is 26.4 Å². The summed E-state index contributed by atoms with van der Waals surface area (Å²) in [4.78, 5) is 26.6. The zero-order valence-electron chi connectivity index (χ0n) is 16.5. The first-order chi connectivity index (χ1) is 14.4. The summed E-state index contributed by atoms with van der Waals surface area (Å²) in [5.74, 6) is 1.28. The highest BCUT2D eigenvalue weighted by Gasteiger charge is 2.57. The second kappa shape index (κ2) is 6.89. The number of benzene rings is 1. The Kier molecular flexibility index (Phi) is 4.30. The van der Waals surface area contributed by atoms with Gasteiger partial charge in [0.15, 0.2) is 0 Å². The average Bonchev–Trinajstić information content (AvgIpc) is 3.10. The highest BCUT2D eigenvalue weighted by atomic mass is 19.1. The third kappa shape index (κ3) is 3.12. The topological polar surface area (TPSA) is 117 Å². The minimum absolute atomic E-state index is 0.193. The molecule has 3 aliphatic rings. The maximum Gasteiger partial charge on any atom is 0.414 e. The minimum Gasteiger partial charge on any atom is -0.442 e. The first-order valence-corrected chi connectivity index (χ1v) is 9.98. The van der Waals surface area contributed by atoms with E-state index in [0.717, 1.165) is 18.7 Å². The number of carbonyl (C=O) groups excluding carboxylic acids is 2. The van der Waals surface area contributed by atoms with E-state index < -0.39 is 12.2 Å². The minimum atomic E-state index is -0.541. The molecule has 2 unspecified atom stereocenters. The van der Waals surface area contributed by atoms with Gasteiger partial charge in [-0.15, -0.1) is 0 Å². The Balaban J connectivity index is 1.24. The number of aromatic amines is 1. The van der Waals surface area contributed by atoms with E-state index in [-0.39, 0.29) is 24.8 Å². The number of nitrogens with zero attached hydrogens (tertiary/aromatic N) is 3. The van der Waals surface area contributed by atoms with Crippen LogP contribution in [-0.4, -0.2) is 54.5 Å². The van der Waals surface area contributed by atoms with Gasteiger partial charge in [-0.25, -0.2) is 9.18 Å². The van der Waals surface area contributed by atoms with E-state index in [1.54, 1.807) is 12.1 Å². The summed E-state index contributed by atoms with van der Waals surface area (Å²) in [6.45, 7) is 3.43. The van der Waals surface area contributed by atoms with Crippen LogP contribution in [0.5, 0.6) is 0 Å². The van der Waals surface area contributed by atoms with Crippen molar-refractivity contribution in [3.8, 4) is 0 Å². The molecule has 0 radical (unpaired) electrons. The quantitative estimate of drug-likeness (QED) is 0.682. The highest BCUT2D eigenvalue weighted by molar-refractivity contribution is 5.90. The normalized spacial score (nSPS) is 27.2. The second-order valence-electron chi connectivity index (χ2n) is 8.17. The van der Waals surface area contributed by atoms with E-state index in [4.69, 9.17) is 10.5 Å². The fourth-order valence-electron chi connectivity index (χ4n) is 4.78. The van der Waals surface area contributed by atoms with Gasteiger partial charge in [0.05, 0.1) is 24.5 Å². The molecule has 1 aromatic heterocycles. The fourth-order valence-corrected chi connectivity index (χ4v) is 4.78. The van der Waals surface area contributed by atoms with Gasteiger partial charge in [0.25, 0.3) is 0 Å². The molecule has 10 heteroatoms. The molecule has 1 saturated carbocycles. The average molecular weight is 414 g/mol. The first kappa shape index (κ1) is 18.7. The molecule has 3 fully saturated rings. The molecule has 2 saturated heterocycles. The van der Waals surface area contributed by atoms with Gasteiger partial charge in [0.1, 0.15) is 17.7 Å². The second-order valence-corrected chi connectivity index (χ2v) is 8.17. The van der Waals surface area contributed by atoms with Crippen LogP contribution < -0.4 is 20.9 Å². The van der Waals surface area contributed by atoms with Gasteiger partial charge in [0, 0.05) is 31.8 Å². The van der Waals surface area contributed by atoms with Gasteiger partial charge in [-0.3, -0.25) is 14.8 Å². The van der Waals surface area contributed by atoms with Gasteiger partial charge in [0.2, 0.25) is 5.91 Å². The molecule has 0 spiro atoms. The van der Waals surface area contributed by atoms with E-state index in [2.05, 4.69) is 15.5 Å². The number of rotatable bonds is 5. The number of amides is 2. The van der Waals surface area contributed by atoms with Crippen molar-refractivity contribution in [1.29, 1.82) is 0 Å². The summed E-state index contributed by atoms with van der Waals surface area (Å²) in [6, 6.07) is 4.81. The van der Waals surface area contributed by atoms with Crippen LogP contribution in [0.1, 0.15) is 18.4 Å². The van der Waals surface area contributed by atoms with Crippen LogP contribution in [0, 0.1) is 17.7 Å². The van der Waals surface area contributed by atoms with E-state index in [1.165, 1.54) is 17.9 Å². The summed E-state index contributed by atoms with van der Waals surface area (Å²) in [5.41, 5.74) is 7.94. The first-order valence-electron chi connectivity index (χ1n) is 9.98. The van der Waals surface area contributed by atoms with Crippen molar-refractivity contribution in [1.82, 2.24) is 15.5 Å². The van der Waals surface area contributed by atoms with E-state index >= 15 is 0 Å². The Morgan fingerprint density at radius 3 is 2.77 bits per heavy atom. The molecule has 0 bridgehead atoms. The van der Waals surface area contributed by atoms with Crippen molar-refractivity contribution in [3.63, 3.8) is 0 Å². The number of H-pyrrole nitrogens is 1. The van der Waals surface area contributed by atoms with Crippen LogP contribution >= 0.6 is 0 Å². The number of anilines is 3. The Morgan fingerprint density at radius 2 is 2.13 bits per heavy atom. The van der Waals surface area contributed by atoms with Crippen LogP contribution in [0.2, 0.25) is 0 Å². The van der Waals surface area contributed by atoms with Crippen molar-refractivity contribution in [3.05, 3.63) is 35.8 Å². The molecular formula is C20H23FN6O3. The van der Waals surface area contributed by atoms with Gasteiger partial charge >= 0.3 is 6.09 Å². The standard InChI is InChI=1S/C20H23FN6O3/c1-10(28)23-5-12-7-27(20(29)30-12)11-2-3-17(16(21)4-11)26-8-14-15(9-26)18(14)13-6-24-25-19(13)22/h2-4,6,12,14-15,18H,5,7-9H2,1H3,(H,23,28)(H3,22,24,25)/t12-,14?,15?,18?/m0/s1. The number of cyclic esters (lactones) is 1. The van der Waals surface area contributed by atoms with Crippen LogP contribution in [-0.2, 0) is 9.53 Å². The van der Waals surface area contributed by atoms with Gasteiger partial charge in [-0.2, -0.15) is 5.10 Å². The molecule has 158 valence electrons. The van der Waals surface area contributed by atoms with Crippen molar-refractivity contribution in [2.75, 3.05) is 41.7 Å². The molecule has 2 aliphatic heterocycles. The Bertz CT molecular complexity index is 998. The predicted octanol–water partition coefficient (Wildman–Crippen LogP) is 1.44. The van der Waals surface area contributed by atoms with E-state index in [9.17, 15) is 14.0 Å². The number of nitrogens with one attached hydrogen (secondary N) is 2. The van der Waals surface area contributed by atoms with Crippen molar-refractivity contribution >= 4 is 29.2 Å². The predicted molar refractivity (Wildman–Crippen MR) is 108 cm³/mol. The van der Waals surface area contributed by atoms with Crippen LogP contribution in [0.3, 0.4) is 0 Å². The Hall–Kier alpha value is -3.30. The summed E-state index contributed by atoms with van der Waals surface area (Å²) in [5, 5.41) is 9.42. The Morgan fingerprint density at radius 1 is 1.37 bits per heavy atom. The molecule has 2 aromatic rings. The van der Waals surface area contributed by atoms with Crippen molar-refractivity contribution in [2.45, 2.75) is 18.9 Å². The van der Waals surface area contributed by atoms with Crippen molar-refractivity contribution in [2.24, 2.45) is 11.8 Å². The molecule has 1 aliphatic carbocycles. The maximum atomic E-state index is 14.9. The molecule has 3 heterocycles. The molecule has 3 atom stereocenters. The lowest BCUT2D eigenvalue weighted by Crippen LogP contribution is -2.33. The van der Waals surface area contributed by atoms with Gasteiger partial charge in [-0.05, 0) is 36.0 Å². The number of ether oxygens (including phenoxy) is 1. The van der Waals surface area contributed by atoms with Crippen LogP contribution in [0.15, 0.2) is 24.4 Å². The van der Waals surface area contributed by atoms with E-state index in [1.807, 2.05) is 11.1 Å².